The Morgan fingerprint density at radius 1 is 1.04 bits per heavy atom. The Balaban J connectivity index is 1.90. The van der Waals surface area contributed by atoms with Crippen LogP contribution in [0.3, 0.4) is 0 Å². The van der Waals surface area contributed by atoms with Gasteiger partial charge < -0.3 is 10.6 Å². The molecule has 118 valence electrons. The molecule has 2 aromatic carbocycles. The topological polar surface area (TPSA) is 99.1 Å². The highest BCUT2D eigenvalue weighted by atomic mass is 32.2. The van der Waals surface area contributed by atoms with Crippen LogP contribution in [0.5, 0.6) is 0 Å². The first kappa shape index (κ1) is 16.5. The lowest BCUT2D eigenvalue weighted by Gasteiger charge is -2.08. The van der Waals surface area contributed by atoms with Crippen LogP contribution in [0.4, 0.5) is 11.4 Å². The highest BCUT2D eigenvalue weighted by Crippen LogP contribution is 2.14. The number of carbonyl (C=O) groups is 1. The number of benzene rings is 2. The monoisotopic (exact) mass is 329 g/mol. The number of hydrogen-bond acceptors (Lipinski definition) is 5. The van der Waals surface area contributed by atoms with Gasteiger partial charge in [0.25, 0.3) is 0 Å². The molecule has 0 bridgehead atoms. The molecule has 7 heteroatoms. The van der Waals surface area contributed by atoms with Crippen molar-refractivity contribution in [2.45, 2.75) is 4.90 Å². The van der Waals surface area contributed by atoms with E-state index in [9.17, 15) is 13.2 Å². The van der Waals surface area contributed by atoms with Gasteiger partial charge in [0.05, 0.1) is 23.1 Å². The van der Waals surface area contributed by atoms with E-state index >= 15 is 0 Å². The van der Waals surface area contributed by atoms with E-state index in [2.05, 4.69) is 10.6 Å². The Labute approximate surface area is 134 Å². The maximum Gasteiger partial charge on any atom is 0.243 e. The van der Waals surface area contributed by atoms with E-state index in [1.165, 1.54) is 24.3 Å². The molecule has 0 radical (unpaired) electrons. The van der Waals surface area contributed by atoms with Gasteiger partial charge in [0.1, 0.15) is 0 Å². The van der Waals surface area contributed by atoms with Gasteiger partial charge in [0.15, 0.2) is 9.84 Å². The van der Waals surface area contributed by atoms with Gasteiger partial charge in [0, 0.05) is 17.6 Å². The molecule has 0 fully saturated rings. The van der Waals surface area contributed by atoms with E-state index in [-0.39, 0.29) is 17.3 Å². The van der Waals surface area contributed by atoms with E-state index in [4.69, 9.17) is 5.26 Å². The summed E-state index contributed by atoms with van der Waals surface area (Å²) in [6.07, 6.45) is 1.13. The van der Waals surface area contributed by atoms with Gasteiger partial charge in [-0.25, -0.2) is 8.42 Å². The van der Waals surface area contributed by atoms with E-state index in [1.54, 1.807) is 24.3 Å². The first-order chi connectivity index (χ1) is 10.9. The Morgan fingerprint density at radius 3 is 2.13 bits per heavy atom. The summed E-state index contributed by atoms with van der Waals surface area (Å²) < 4.78 is 22.7. The zero-order valence-electron chi connectivity index (χ0n) is 12.4. The number of anilines is 2. The summed E-state index contributed by atoms with van der Waals surface area (Å²) >= 11 is 0. The van der Waals surface area contributed by atoms with Crippen LogP contribution < -0.4 is 10.6 Å². The highest BCUT2D eigenvalue weighted by molar-refractivity contribution is 7.90. The molecule has 0 saturated heterocycles. The van der Waals surface area contributed by atoms with Crippen LogP contribution in [0.2, 0.25) is 0 Å². The summed E-state index contributed by atoms with van der Waals surface area (Å²) in [5, 5.41) is 14.3. The standard InChI is InChI=1S/C16H15N3O3S/c1-23(21,22)15-8-6-14(7-9-15)19-16(20)11-18-13-4-2-12(10-17)3-5-13/h2-9,18H,11H2,1H3,(H,19,20). The van der Waals surface area contributed by atoms with Crippen molar-refractivity contribution in [2.75, 3.05) is 23.4 Å². The molecule has 0 spiro atoms. The lowest BCUT2D eigenvalue weighted by atomic mass is 10.2. The minimum atomic E-state index is -3.25. The molecule has 2 rings (SSSR count). The van der Waals surface area contributed by atoms with Crippen molar-refractivity contribution < 1.29 is 13.2 Å². The molecule has 1 amide bonds. The van der Waals surface area contributed by atoms with Gasteiger partial charge in [-0.3, -0.25) is 4.79 Å². The van der Waals surface area contributed by atoms with Crippen molar-refractivity contribution in [1.82, 2.24) is 0 Å². The molecular weight excluding hydrogens is 314 g/mol. The number of amides is 1. The molecule has 23 heavy (non-hydrogen) atoms. The molecule has 0 aliphatic heterocycles. The van der Waals surface area contributed by atoms with Crippen molar-refractivity contribution in [1.29, 1.82) is 5.26 Å². The predicted octanol–water partition coefficient (Wildman–Crippen LogP) is 2.01. The molecule has 0 atom stereocenters. The number of hydrogen-bond donors (Lipinski definition) is 2. The zero-order chi connectivity index (χ0) is 16.9. The summed E-state index contributed by atoms with van der Waals surface area (Å²) in [7, 11) is -3.25. The molecule has 0 unspecified atom stereocenters. The van der Waals surface area contributed by atoms with Crippen LogP contribution in [0.25, 0.3) is 0 Å². The normalized spacial score (nSPS) is 10.6. The van der Waals surface area contributed by atoms with E-state index < -0.39 is 9.84 Å². The van der Waals surface area contributed by atoms with Crippen molar-refractivity contribution in [2.24, 2.45) is 0 Å². The Bertz CT molecular complexity index is 836. The molecule has 0 saturated carbocycles. The minimum Gasteiger partial charge on any atom is -0.376 e. The average Bonchev–Trinajstić information content (AvgIpc) is 2.53. The predicted molar refractivity (Wildman–Crippen MR) is 87.8 cm³/mol. The lowest BCUT2D eigenvalue weighted by molar-refractivity contribution is -0.114. The second-order valence-corrected chi connectivity index (χ2v) is 6.90. The fourth-order valence-electron chi connectivity index (χ4n) is 1.84. The first-order valence-corrected chi connectivity index (χ1v) is 8.61. The van der Waals surface area contributed by atoms with E-state index in [1.807, 2.05) is 6.07 Å². The van der Waals surface area contributed by atoms with Gasteiger partial charge in [-0.2, -0.15) is 5.26 Å². The third-order valence-corrected chi connectivity index (χ3v) is 4.16. The molecule has 0 aliphatic carbocycles. The quantitative estimate of drug-likeness (QED) is 0.874. The van der Waals surface area contributed by atoms with Gasteiger partial charge in [-0.15, -0.1) is 0 Å². The maximum absolute atomic E-state index is 11.8. The number of sulfone groups is 1. The lowest BCUT2D eigenvalue weighted by Crippen LogP contribution is -2.21. The van der Waals surface area contributed by atoms with Gasteiger partial charge in [-0.05, 0) is 48.5 Å². The fraction of sp³-hybridized carbons (Fsp3) is 0.125. The summed E-state index contributed by atoms with van der Waals surface area (Å²) in [6, 6.07) is 14.7. The van der Waals surface area contributed by atoms with E-state index in [0.29, 0.717) is 11.3 Å². The zero-order valence-corrected chi connectivity index (χ0v) is 13.2. The molecular formula is C16H15N3O3S. The first-order valence-electron chi connectivity index (χ1n) is 6.72. The fourth-order valence-corrected chi connectivity index (χ4v) is 2.47. The van der Waals surface area contributed by atoms with Crippen molar-refractivity contribution >= 4 is 27.1 Å². The molecule has 6 nitrogen and oxygen atoms in total. The number of nitriles is 1. The minimum absolute atomic E-state index is 0.0553. The third kappa shape index (κ3) is 4.83. The summed E-state index contributed by atoms with van der Waals surface area (Å²) in [4.78, 5) is 12.0. The SMILES string of the molecule is CS(=O)(=O)c1ccc(NC(=O)CNc2ccc(C#N)cc2)cc1. The Hall–Kier alpha value is -2.85. The second-order valence-electron chi connectivity index (χ2n) is 4.89. The van der Waals surface area contributed by atoms with Crippen molar-refractivity contribution in [3.05, 3.63) is 54.1 Å². The average molecular weight is 329 g/mol. The second kappa shape index (κ2) is 6.94. The Morgan fingerprint density at radius 2 is 1.61 bits per heavy atom. The molecule has 0 aromatic heterocycles. The Kier molecular flexibility index (Phi) is 4.98. The number of nitrogens with zero attached hydrogens (tertiary/aromatic N) is 1. The molecule has 0 aliphatic rings. The largest absolute Gasteiger partial charge is 0.376 e. The number of nitrogens with one attached hydrogen (secondary N) is 2. The van der Waals surface area contributed by atoms with Crippen LogP contribution in [0.15, 0.2) is 53.4 Å². The molecule has 0 heterocycles. The smallest absolute Gasteiger partial charge is 0.243 e. The number of carbonyl (C=O) groups excluding carboxylic acids is 1. The summed E-state index contributed by atoms with van der Waals surface area (Å²) in [5.74, 6) is -0.263. The molecule has 2 aromatic rings. The van der Waals surface area contributed by atoms with Gasteiger partial charge >= 0.3 is 0 Å². The third-order valence-electron chi connectivity index (χ3n) is 3.03. The van der Waals surface area contributed by atoms with Gasteiger partial charge in [0.2, 0.25) is 5.91 Å². The van der Waals surface area contributed by atoms with Crippen LogP contribution in [-0.4, -0.2) is 27.1 Å². The maximum atomic E-state index is 11.8. The highest BCUT2D eigenvalue weighted by Gasteiger charge is 2.07. The number of rotatable bonds is 5. The van der Waals surface area contributed by atoms with Crippen molar-refractivity contribution in [3.63, 3.8) is 0 Å². The van der Waals surface area contributed by atoms with Crippen LogP contribution in [0, 0.1) is 11.3 Å². The van der Waals surface area contributed by atoms with Crippen LogP contribution in [-0.2, 0) is 14.6 Å². The molecule has 2 N–H and O–H groups in total. The summed E-state index contributed by atoms with van der Waals surface area (Å²) in [5.41, 5.74) is 1.79. The van der Waals surface area contributed by atoms with Crippen LogP contribution >= 0.6 is 0 Å². The van der Waals surface area contributed by atoms with E-state index in [0.717, 1.165) is 11.9 Å². The van der Waals surface area contributed by atoms with Crippen molar-refractivity contribution in [3.8, 4) is 6.07 Å². The van der Waals surface area contributed by atoms with Gasteiger partial charge in [-0.1, -0.05) is 0 Å². The van der Waals surface area contributed by atoms with Crippen LogP contribution in [0.1, 0.15) is 5.56 Å². The summed E-state index contributed by atoms with van der Waals surface area (Å²) in [6.45, 7) is 0.0553.